The molecule has 3 rings (SSSR count). The third-order valence-electron chi connectivity index (χ3n) is 5.29. The summed E-state index contributed by atoms with van der Waals surface area (Å²) in [6.45, 7) is 9.91. The highest BCUT2D eigenvalue weighted by Crippen LogP contribution is 2.28. The topological polar surface area (TPSA) is 45.2 Å². The smallest absolute Gasteiger partial charge is 0.263 e. The summed E-state index contributed by atoms with van der Waals surface area (Å²) in [6.07, 6.45) is 9.55. The molecular weight excluding hydrogens is 318 g/mol. The number of aromatic nitrogens is 1. The molecule has 1 saturated carbocycles. The Balaban J connectivity index is 1.45. The van der Waals surface area contributed by atoms with Gasteiger partial charge in [0.05, 0.1) is 11.2 Å². The van der Waals surface area contributed by atoms with Gasteiger partial charge in [-0.2, -0.15) is 0 Å². The van der Waals surface area contributed by atoms with Crippen LogP contribution in [0.2, 0.25) is 0 Å². The molecule has 2 fully saturated rings. The van der Waals surface area contributed by atoms with Gasteiger partial charge in [0.25, 0.3) is 5.91 Å². The number of nitrogens with one attached hydrogen (secondary N) is 1. The van der Waals surface area contributed by atoms with Crippen molar-refractivity contribution >= 4 is 17.2 Å². The Morgan fingerprint density at radius 3 is 2.50 bits per heavy atom. The van der Waals surface area contributed by atoms with Crippen molar-refractivity contribution in [3.8, 4) is 0 Å². The van der Waals surface area contributed by atoms with Crippen LogP contribution < -0.4 is 5.32 Å². The van der Waals surface area contributed by atoms with Crippen LogP contribution in [0.4, 0.5) is 0 Å². The maximum atomic E-state index is 12.5. The molecule has 0 bridgehead atoms. The predicted octanol–water partition coefficient (Wildman–Crippen LogP) is 3.83. The summed E-state index contributed by atoms with van der Waals surface area (Å²) in [6, 6.07) is 0.317. The molecule has 1 aliphatic heterocycles. The van der Waals surface area contributed by atoms with Crippen LogP contribution in [0.1, 0.15) is 74.0 Å². The minimum absolute atomic E-state index is 0.00871. The number of rotatable bonds is 4. The highest BCUT2D eigenvalue weighted by Gasteiger charge is 2.26. The zero-order valence-corrected chi connectivity index (χ0v) is 16.1. The zero-order valence-electron chi connectivity index (χ0n) is 15.3. The van der Waals surface area contributed by atoms with E-state index in [0.717, 1.165) is 41.7 Å². The fraction of sp³-hybridized carbons (Fsp3) is 0.789. The third kappa shape index (κ3) is 4.57. The summed E-state index contributed by atoms with van der Waals surface area (Å²) in [5, 5.41) is 4.25. The van der Waals surface area contributed by atoms with Crippen LogP contribution in [-0.4, -0.2) is 41.5 Å². The molecule has 2 aliphatic rings. The quantitative estimate of drug-likeness (QED) is 0.899. The van der Waals surface area contributed by atoms with Crippen molar-refractivity contribution in [1.82, 2.24) is 15.2 Å². The molecule has 2 heterocycles. The molecule has 1 N–H and O–H groups in total. The number of hydrogen-bond donors (Lipinski definition) is 1. The Kier molecular flexibility index (Phi) is 5.60. The molecule has 24 heavy (non-hydrogen) atoms. The first-order valence-electron chi connectivity index (χ1n) is 9.41. The number of nitrogens with zero attached hydrogens (tertiary/aromatic N) is 2. The fourth-order valence-corrected chi connectivity index (χ4v) is 4.68. The average Bonchev–Trinajstić information content (AvgIpc) is 3.19. The Labute approximate surface area is 150 Å². The molecule has 0 radical (unpaired) electrons. The number of likely N-dealkylation sites (tertiary alicyclic amines) is 1. The summed E-state index contributed by atoms with van der Waals surface area (Å²) in [4.78, 5) is 20.2. The molecule has 0 spiro atoms. The van der Waals surface area contributed by atoms with Gasteiger partial charge in [-0.1, -0.05) is 33.6 Å². The van der Waals surface area contributed by atoms with Gasteiger partial charge in [0, 0.05) is 31.1 Å². The number of carbonyl (C=O) groups excluding carboxylic acids is 1. The van der Waals surface area contributed by atoms with E-state index in [4.69, 9.17) is 0 Å². The van der Waals surface area contributed by atoms with Crippen LogP contribution in [-0.2, 0) is 5.41 Å². The molecule has 134 valence electrons. The first kappa shape index (κ1) is 17.9. The van der Waals surface area contributed by atoms with E-state index in [-0.39, 0.29) is 11.3 Å². The summed E-state index contributed by atoms with van der Waals surface area (Å²) in [7, 11) is 0. The lowest BCUT2D eigenvalue weighted by atomic mass is 9.98. The van der Waals surface area contributed by atoms with Gasteiger partial charge in [-0.05, 0) is 31.6 Å². The monoisotopic (exact) mass is 349 g/mol. The van der Waals surface area contributed by atoms with Crippen molar-refractivity contribution in [1.29, 1.82) is 0 Å². The lowest BCUT2D eigenvalue weighted by Crippen LogP contribution is -2.45. The number of piperidine rings is 1. The Bertz CT molecular complexity index is 549. The molecule has 1 aromatic rings. The molecule has 1 aliphatic carbocycles. The zero-order chi connectivity index (χ0) is 17.2. The molecular formula is C19H31N3OS. The number of amides is 1. The summed E-state index contributed by atoms with van der Waals surface area (Å²) in [5.74, 6) is 0.974. The van der Waals surface area contributed by atoms with Crippen molar-refractivity contribution in [2.45, 2.75) is 70.8 Å². The third-order valence-corrected chi connectivity index (χ3v) is 6.71. The molecule has 1 saturated heterocycles. The normalized spacial score (nSPS) is 21.3. The van der Waals surface area contributed by atoms with Crippen molar-refractivity contribution in [3.05, 3.63) is 16.1 Å². The summed E-state index contributed by atoms with van der Waals surface area (Å²) < 4.78 is 0. The van der Waals surface area contributed by atoms with Gasteiger partial charge in [0.2, 0.25) is 0 Å². The minimum atomic E-state index is 0.00871. The first-order chi connectivity index (χ1) is 11.4. The van der Waals surface area contributed by atoms with Crippen LogP contribution in [0.15, 0.2) is 6.20 Å². The first-order valence-corrected chi connectivity index (χ1v) is 10.2. The van der Waals surface area contributed by atoms with Gasteiger partial charge in [0.15, 0.2) is 0 Å². The number of hydrogen-bond acceptors (Lipinski definition) is 4. The maximum Gasteiger partial charge on any atom is 0.263 e. The molecule has 1 amide bonds. The van der Waals surface area contributed by atoms with Crippen LogP contribution >= 0.6 is 11.3 Å². The van der Waals surface area contributed by atoms with Gasteiger partial charge in [0.1, 0.15) is 4.88 Å². The Morgan fingerprint density at radius 2 is 1.92 bits per heavy atom. The fourth-order valence-electron chi connectivity index (χ4n) is 3.80. The second-order valence-corrected chi connectivity index (χ2v) is 9.51. The SMILES string of the molecule is CC(C)(C)c1ncc(C(=O)NC2CCN(CC3CCCC3)CC2)s1. The predicted molar refractivity (Wildman–Crippen MR) is 99.7 cm³/mol. The van der Waals surface area contributed by atoms with Crippen LogP contribution in [0, 0.1) is 5.92 Å². The standard InChI is InChI=1S/C19H31N3OS/c1-19(2,3)18-20-12-16(24-18)17(23)21-15-8-10-22(11-9-15)13-14-6-4-5-7-14/h12,14-15H,4-11,13H2,1-3H3,(H,21,23). The van der Waals surface area contributed by atoms with E-state index in [2.05, 4.69) is 36.0 Å². The Morgan fingerprint density at radius 1 is 1.25 bits per heavy atom. The van der Waals surface area contributed by atoms with E-state index in [1.165, 1.54) is 43.6 Å². The van der Waals surface area contributed by atoms with E-state index in [1.807, 2.05) is 0 Å². The van der Waals surface area contributed by atoms with Gasteiger partial charge in [-0.25, -0.2) is 4.98 Å². The summed E-state index contributed by atoms with van der Waals surface area (Å²) in [5.41, 5.74) is 0.00871. The highest BCUT2D eigenvalue weighted by atomic mass is 32.1. The average molecular weight is 350 g/mol. The van der Waals surface area contributed by atoms with Gasteiger partial charge in [-0.15, -0.1) is 11.3 Å². The molecule has 0 atom stereocenters. The molecule has 5 heteroatoms. The van der Waals surface area contributed by atoms with Gasteiger partial charge < -0.3 is 10.2 Å². The lowest BCUT2D eigenvalue weighted by molar-refractivity contribution is 0.0909. The maximum absolute atomic E-state index is 12.5. The second-order valence-electron chi connectivity index (χ2n) is 8.48. The highest BCUT2D eigenvalue weighted by molar-refractivity contribution is 7.13. The molecule has 0 unspecified atom stereocenters. The summed E-state index contributed by atoms with van der Waals surface area (Å²) >= 11 is 1.52. The molecule has 0 aromatic carbocycles. The van der Waals surface area contributed by atoms with Crippen molar-refractivity contribution < 1.29 is 4.79 Å². The van der Waals surface area contributed by atoms with Crippen molar-refractivity contribution in [3.63, 3.8) is 0 Å². The van der Waals surface area contributed by atoms with E-state index in [9.17, 15) is 4.79 Å². The van der Waals surface area contributed by atoms with E-state index in [0.29, 0.717) is 6.04 Å². The van der Waals surface area contributed by atoms with Crippen LogP contribution in [0.3, 0.4) is 0 Å². The van der Waals surface area contributed by atoms with Crippen LogP contribution in [0.5, 0.6) is 0 Å². The second kappa shape index (κ2) is 7.52. The number of carbonyl (C=O) groups is 1. The van der Waals surface area contributed by atoms with Gasteiger partial charge >= 0.3 is 0 Å². The largest absolute Gasteiger partial charge is 0.348 e. The number of thiazole rings is 1. The van der Waals surface area contributed by atoms with Crippen molar-refractivity contribution in [2.24, 2.45) is 5.92 Å². The van der Waals surface area contributed by atoms with Crippen molar-refractivity contribution in [2.75, 3.05) is 19.6 Å². The minimum Gasteiger partial charge on any atom is -0.348 e. The van der Waals surface area contributed by atoms with Gasteiger partial charge in [-0.3, -0.25) is 4.79 Å². The Hall–Kier alpha value is -0.940. The van der Waals surface area contributed by atoms with E-state index in [1.54, 1.807) is 6.20 Å². The van der Waals surface area contributed by atoms with Crippen LogP contribution in [0.25, 0.3) is 0 Å². The molecule has 1 aromatic heterocycles. The molecule has 4 nitrogen and oxygen atoms in total. The van der Waals surface area contributed by atoms with E-state index >= 15 is 0 Å². The van der Waals surface area contributed by atoms with E-state index < -0.39 is 0 Å². The lowest BCUT2D eigenvalue weighted by Gasteiger charge is -2.33.